The zero-order valence-electron chi connectivity index (χ0n) is 7.06. The summed E-state index contributed by atoms with van der Waals surface area (Å²) >= 11 is 1.59. The molecule has 0 spiro atoms. The van der Waals surface area contributed by atoms with Crippen molar-refractivity contribution in [2.24, 2.45) is 0 Å². The highest BCUT2D eigenvalue weighted by Crippen LogP contribution is 2.17. The van der Waals surface area contributed by atoms with E-state index in [9.17, 15) is 0 Å². The number of hydrogen-bond donors (Lipinski definition) is 0. The molecule has 0 aliphatic heterocycles. The minimum Gasteiger partial charge on any atom is -0.291 e. The van der Waals surface area contributed by atoms with Crippen molar-refractivity contribution in [3.05, 3.63) is 29.0 Å². The molecule has 2 heterocycles. The van der Waals surface area contributed by atoms with Crippen LogP contribution in [0.1, 0.15) is 11.4 Å². The predicted octanol–water partition coefficient (Wildman–Crippen LogP) is 2.24. The van der Waals surface area contributed by atoms with Crippen molar-refractivity contribution in [3.63, 3.8) is 0 Å². The first-order chi connectivity index (χ1) is 6.33. The molecule has 0 aliphatic carbocycles. The maximum absolute atomic E-state index is 8.41. The third-order valence-electron chi connectivity index (χ3n) is 1.80. The van der Waals surface area contributed by atoms with E-state index in [1.54, 1.807) is 17.4 Å². The molecule has 2 rings (SSSR count). The summed E-state index contributed by atoms with van der Waals surface area (Å²) in [5.41, 5.74) is 1.94. The lowest BCUT2D eigenvalue weighted by Crippen LogP contribution is -1.81. The Hall–Kier alpha value is -1.60. The quantitative estimate of drug-likeness (QED) is 0.645. The third kappa shape index (κ3) is 1.23. The molecule has 13 heavy (non-hydrogen) atoms. The molecular weight excluding hydrogens is 182 g/mol. The molecular formula is C9H7N3S. The fourth-order valence-corrected chi connectivity index (χ4v) is 2.00. The normalized spacial score (nSPS) is 11.1. The Kier molecular flexibility index (Phi) is 1.87. The first kappa shape index (κ1) is 8.02. The van der Waals surface area contributed by atoms with Crippen molar-refractivity contribution in [2.45, 2.75) is 6.92 Å². The van der Waals surface area contributed by atoms with Crippen molar-refractivity contribution in [1.82, 2.24) is 9.38 Å². The smallest absolute Gasteiger partial charge is 0.194 e. The van der Waals surface area contributed by atoms with Crippen LogP contribution in [0.5, 0.6) is 0 Å². The average molecular weight is 189 g/mol. The van der Waals surface area contributed by atoms with Gasteiger partial charge >= 0.3 is 0 Å². The highest BCUT2D eigenvalue weighted by molar-refractivity contribution is 7.15. The van der Waals surface area contributed by atoms with Crippen molar-refractivity contribution < 1.29 is 0 Å². The molecule has 3 nitrogen and oxygen atoms in total. The number of allylic oxidation sites excluding steroid dienone is 1. The Morgan fingerprint density at radius 3 is 3.31 bits per heavy atom. The standard InChI is InChI=1S/C9H7N3S/c1-7-8(3-2-4-10)12-5-6-13-9(12)11-7/h2-3,5-6H,1H3/b3-2+. The summed E-state index contributed by atoms with van der Waals surface area (Å²) in [5.74, 6) is 0. The minimum atomic E-state index is 0.957. The zero-order valence-corrected chi connectivity index (χ0v) is 7.88. The minimum absolute atomic E-state index is 0.957. The highest BCUT2D eigenvalue weighted by Gasteiger charge is 2.05. The van der Waals surface area contributed by atoms with E-state index in [4.69, 9.17) is 5.26 Å². The van der Waals surface area contributed by atoms with Crippen LogP contribution in [0.15, 0.2) is 17.7 Å². The van der Waals surface area contributed by atoms with Crippen LogP contribution in [0.2, 0.25) is 0 Å². The molecule has 64 valence electrons. The molecule has 0 radical (unpaired) electrons. The van der Waals surface area contributed by atoms with E-state index < -0.39 is 0 Å². The van der Waals surface area contributed by atoms with E-state index >= 15 is 0 Å². The van der Waals surface area contributed by atoms with Gasteiger partial charge in [-0.3, -0.25) is 4.40 Å². The van der Waals surface area contributed by atoms with Crippen LogP contribution in [0.25, 0.3) is 11.0 Å². The van der Waals surface area contributed by atoms with Gasteiger partial charge in [0.25, 0.3) is 0 Å². The van der Waals surface area contributed by atoms with Crippen molar-refractivity contribution in [3.8, 4) is 6.07 Å². The van der Waals surface area contributed by atoms with Gasteiger partial charge < -0.3 is 0 Å². The monoisotopic (exact) mass is 189 g/mol. The van der Waals surface area contributed by atoms with E-state index in [1.165, 1.54) is 6.08 Å². The zero-order chi connectivity index (χ0) is 9.26. The number of rotatable bonds is 1. The molecule has 4 heteroatoms. The number of nitriles is 1. The predicted molar refractivity (Wildman–Crippen MR) is 52.5 cm³/mol. The van der Waals surface area contributed by atoms with Gasteiger partial charge in [-0.2, -0.15) is 5.26 Å². The summed E-state index contributed by atoms with van der Waals surface area (Å²) in [4.78, 5) is 5.31. The van der Waals surface area contributed by atoms with Gasteiger partial charge in [-0.05, 0) is 13.0 Å². The molecule has 0 saturated heterocycles. The van der Waals surface area contributed by atoms with Crippen LogP contribution < -0.4 is 0 Å². The Morgan fingerprint density at radius 2 is 2.54 bits per heavy atom. The molecule has 0 fully saturated rings. The van der Waals surface area contributed by atoms with Gasteiger partial charge in [0.1, 0.15) is 0 Å². The number of aryl methyl sites for hydroxylation is 1. The van der Waals surface area contributed by atoms with Gasteiger partial charge in [-0.25, -0.2) is 4.98 Å². The molecule has 0 aliphatic rings. The summed E-state index contributed by atoms with van der Waals surface area (Å²) in [6, 6.07) is 1.97. The van der Waals surface area contributed by atoms with E-state index in [1.807, 2.05) is 29.0 Å². The van der Waals surface area contributed by atoms with Gasteiger partial charge in [0.15, 0.2) is 4.96 Å². The average Bonchev–Trinajstić information content (AvgIpc) is 2.62. The lowest BCUT2D eigenvalue weighted by Gasteiger charge is -1.89. The maximum atomic E-state index is 8.41. The molecule has 2 aromatic heterocycles. The number of imidazole rings is 1. The lowest BCUT2D eigenvalue weighted by atomic mass is 10.3. The van der Waals surface area contributed by atoms with Gasteiger partial charge in [-0.1, -0.05) is 0 Å². The highest BCUT2D eigenvalue weighted by atomic mass is 32.1. The summed E-state index contributed by atoms with van der Waals surface area (Å²) < 4.78 is 1.98. The Bertz CT molecular complexity index is 498. The fourth-order valence-electron chi connectivity index (χ4n) is 1.23. The largest absolute Gasteiger partial charge is 0.291 e. The molecule has 0 unspecified atom stereocenters. The first-order valence-electron chi connectivity index (χ1n) is 3.81. The Balaban J connectivity index is 2.65. The molecule has 0 atom stereocenters. The van der Waals surface area contributed by atoms with Crippen LogP contribution in [-0.2, 0) is 0 Å². The number of thiazole rings is 1. The number of fused-ring (bicyclic) bond motifs is 1. The van der Waals surface area contributed by atoms with Crippen LogP contribution >= 0.6 is 11.3 Å². The third-order valence-corrected chi connectivity index (χ3v) is 2.56. The maximum Gasteiger partial charge on any atom is 0.194 e. The fraction of sp³-hybridized carbons (Fsp3) is 0.111. The summed E-state index contributed by atoms with van der Waals surface area (Å²) in [6.45, 7) is 1.94. The van der Waals surface area contributed by atoms with Crippen LogP contribution in [-0.4, -0.2) is 9.38 Å². The van der Waals surface area contributed by atoms with Crippen molar-refractivity contribution in [1.29, 1.82) is 5.26 Å². The molecule has 0 amide bonds. The molecule has 0 saturated carbocycles. The second-order valence-electron chi connectivity index (χ2n) is 2.60. The van der Waals surface area contributed by atoms with Crippen LogP contribution in [0.3, 0.4) is 0 Å². The van der Waals surface area contributed by atoms with E-state index in [2.05, 4.69) is 4.98 Å². The summed E-state index contributed by atoms with van der Waals surface area (Å²) in [5, 5.41) is 10.4. The van der Waals surface area contributed by atoms with Crippen LogP contribution in [0.4, 0.5) is 0 Å². The second kappa shape index (κ2) is 3.04. The van der Waals surface area contributed by atoms with Crippen molar-refractivity contribution in [2.75, 3.05) is 0 Å². The second-order valence-corrected chi connectivity index (χ2v) is 3.47. The van der Waals surface area contributed by atoms with Crippen molar-refractivity contribution >= 4 is 22.4 Å². The first-order valence-corrected chi connectivity index (χ1v) is 4.69. The lowest BCUT2D eigenvalue weighted by molar-refractivity contribution is 1.19. The SMILES string of the molecule is Cc1nc2sccn2c1/C=C/C#N. The number of nitrogens with zero attached hydrogens (tertiary/aromatic N) is 3. The van der Waals surface area contributed by atoms with E-state index in [0.29, 0.717) is 0 Å². The van der Waals surface area contributed by atoms with E-state index in [0.717, 1.165) is 16.3 Å². The molecule has 0 N–H and O–H groups in total. The Morgan fingerprint density at radius 1 is 1.69 bits per heavy atom. The number of hydrogen-bond acceptors (Lipinski definition) is 3. The van der Waals surface area contributed by atoms with Gasteiger partial charge in [0.2, 0.25) is 0 Å². The summed E-state index contributed by atoms with van der Waals surface area (Å²) in [6.07, 6.45) is 5.20. The topological polar surface area (TPSA) is 41.1 Å². The van der Waals surface area contributed by atoms with Crippen LogP contribution in [0, 0.1) is 18.3 Å². The number of aromatic nitrogens is 2. The molecule has 0 aromatic carbocycles. The Labute approximate surface area is 79.6 Å². The summed E-state index contributed by atoms with van der Waals surface area (Å²) in [7, 11) is 0. The van der Waals surface area contributed by atoms with Gasteiger partial charge in [0.05, 0.1) is 17.5 Å². The molecule has 2 aromatic rings. The van der Waals surface area contributed by atoms with Gasteiger partial charge in [-0.15, -0.1) is 11.3 Å². The van der Waals surface area contributed by atoms with Gasteiger partial charge in [0, 0.05) is 17.7 Å². The molecule has 0 bridgehead atoms. The van der Waals surface area contributed by atoms with E-state index in [-0.39, 0.29) is 0 Å².